The molecule has 2 aliphatic rings. The molecule has 3 aromatic rings. The lowest BCUT2D eigenvalue weighted by Crippen LogP contribution is -2.43. The van der Waals surface area contributed by atoms with Crippen molar-refractivity contribution in [2.45, 2.75) is 32.6 Å². The third-order valence-electron chi connectivity index (χ3n) is 6.56. The van der Waals surface area contributed by atoms with Gasteiger partial charge in [0, 0.05) is 5.56 Å². The SMILES string of the molecule is Cc1ccc(-c2nc3ccccc3c(=O)n2NC(=O)CN2C(=O)C3CCCCC3C2=O)cc1. The molecule has 33 heavy (non-hydrogen) atoms. The Labute approximate surface area is 190 Å². The molecule has 8 heteroatoms. The molecule has 1 aliphatic heterocycles. The molecule has 2 atom stereocenters. The van der Waals surface area contributed by atoms with Crippen molar-refractivity contribution in [3.8, 4) is 11.4 Å². The lowest BCUT2D eigenvalue weighted by molar-refractivity contribution is -0.142. The predicted octanol–water partition coefficient (Wildman–Crippen LogP) is 2.62. The van der Waals surface area contributed by atoms with Crippen LogP contribution in [-0.4, -0.2) is 38.8 Å². The molecule has 1 saturated heterocycles. The van der Waals surface area contributed by atoms with Crippen LogP contribution in [0.1, 0.15) is 31.2 Å². The van der Waals surface area contributed by atoms with E-state index in [-0.39, 0.29) is 29.5 Å². The number of amides is 3. The zero-order chi connectivity index (χ0) is 23.1. The highest BCUT2D eigenvalue weighted by Crippen LogP contribution is 2.37. The predicted molar refractivity (Wildman–Crippen MR) is 123 cm³/mol. The van der Waals surface area contributed by atoms with E-state index in [2.05, 4.69) is 10.4 Å². The van der Waals surface area contributed by atoms with E-state index in [0.717, 1.165) is 28.0 Å². The summed E-state index contributed by atoms with van der Waals surface area (Å²) in [5.74, 6) is -1.58. The second-order valence-electron chi connectivity index (χ2n) is 8.75. The molecule has 2 aromatic carbocycles. The molecule has 2 unspecified atom stereocenters. The first-order chi connectivity index (χ1) is 15.9. The Morgan fingerprint density at radius 1 is 0.970 bits per heavy atom. The summed E-state index contributed by atoms with van der Waals surface area (Å²) in [5, 5.41) is 0.355. The van der Waals surface area contributed by atoms with E-state index in [1.165, 1.54) is 0 Å². The standard InChI is InChI=1S/C25H24N4O4/c1-15-10-12-16(13-11-15)22-26-20-9-5-4-8-19(20)25(33)29(22)27-21(30)14-28-23(31)17-6-2-3-7-18(17)24(28)32/h4-5,8-13,17-18H,2-3,6-7,14H2,1H3,(H,27,30). The first kappa shape index (κ1) is 21.1. The molecule has 5 rings (SSSR count). The van der Waals surface area contributed by atoms with E-state index >= 15 is 0 Å². The van der Waals surface area contributed by atoms with Crippen molar-refractivity contribution < 1.29 is 14.4 Å². The Bertz CT molecular complexity index is 1300. The van der Waals surface area contributed by atoms with E-state index in [0.29, 0.717) is 29.3 Å². The highest BCUT2D eigenvalue weighted by atomic mass is 16.2. The number of imide groups is 1. The zero-order valence-corrected chi connectivity index (χ0v) is 18.3. The van der Waals surface area contributed by atoms with Gasteiger partial charge in [-0.2, -0.15) is 4.68 Å². The van der Waals surface area contributed by atoms with Gasteiger partial charge in [0.25, 0.3) is 11.5 Å². The normalized spacial score (nSPS) is 20.2. The summed E-state index contributed by atoms with van der Waals surface area (Å²) in [4.78, 5) is 57.3. The van der Waals surface area contributed by atoms with Crippen LogP contribution in [0.2, 0.25) is 0 Å². The Hall–Kier alpha value is -3.81. The van der Waals surface area contributed by atoms with E-state index < -0.39 is 18.0 Å². The first-order valence-corrected chi connectivity index (χ1v) is 11.2. The Morgan fingerprint density at radius 3 is 2.27 bits per heavy atom. The van der Waals surface area contributed by atoms with Gasteiger partial charge in [-0.05, 0) is 31.9 Å². The number of benzene rings is 2. The van der Waals surface area contributed by atoms with Gasteiger partial charge in [0.15, 0.2) is 5.82 Å². The summed E-state index contributed by atoms with van der Waals surface area (Å²) in [5.41, 5.74) is 4.37. The molecule has 0 bridgehead atoms. The third kappa shape index (κ3) is 3.71. The first-order valence-electron chi connectivity index (χ1n) is 11.2. The highest BCUT2D eigenvalue weighted by molar-refractivity contribution is 6.08. The fourth-order valence-electron chi connectivity index (χ4n) is 4.82. The van der Waals surface area contributed by atoms with Gasteiger partial charge in [-0.15, -0.1) is 0 Å². The Kier molecular flexibility index (Phi) is 5.28. The van der Waals surface area contributed by atoms with Crippen LogP contribution in [0.3, 0.4) is 0 Å². The fraction of sp³-hybridized carbons (Fsp3) is 0.320. The molecule has 0 radical (unpaired) electrons. The minimum Gasteiger partial charge on any atom is -0.274 e. The van der Waals surface area contributed by atoms with Gasteiger partial charge in [0.2, 0.25) is 11.8 Å². The number of fused-ring (bicyclic) bond motifs is 2. The molecule has 2 fully saturated rings. The van der Waals surface area contributed by atoms with Crippen LogP contribution in [0, 0.1) is 18.8 Å². The topological polar surface area (TPSA) is 101 Å². The van der Waals surface area contributed by atoms with Crippen molar-refractivity contribution in [3.05, 3.63) is 64.4 Å². The maximum absolute atomic E-state index is 13.3. The smallest absolute Gasteiger partial charge is 0.274 e. The number of carbonyl (C=O) groups excluding carboxylic acids is 3. The maximum atomic E-state index is 13.3. The number of nitrogens with zero attached hydrogens (tertiary/aromatic N) is 3. The van der Waals surface area contributed by atoms with Gasteiger partial charge in [-0.1, -0.05) is 54.8 Å². The van der Waals surface area contributed by atoms with Crippen LogP contribution in [0.4, 0.5) is 0 Å². The fourth-order valence-corrected chi connectivity index (χ4v) is 4.82. The quantitative estimate of drug-likeness (QED) is 0.624. The molecular weight excluding hydrogens is 420 g/mol. The van der Waals surface area contributed by atoms with E-state index in [4.69, 9.17) is 0 Å². The van der Waals surface area contributed by atoms with Gasteiger partial charge in [-0.25, -0.2) is 4.98 Å². The molecule has 1 aromatic heterocycles. The molecule has 0 spiro atoms. The number of hydrogen-bond acceptors (Lipinski definition) is 5. The number of nitrogens with one attached hydrogen (secondary N) is 1. The van der Waals surface area contributed by atoms with Gasteiger partial charge in [0.05, 0.1) is 22.7 Å². The zero-order valence-electron chi connectivity index (χ0n) is 18.3. The van der Waals surface area contributed by atoms with E-state index in [1.54, 1.807) is 24.3 Å². The molecule has 3 amide bonds. The van der Waals surface area contributed by atoms with Crippen LogP contribution < -0.4 is 11.0 Å². The summed E-state index contributed by atoms with van der Waals surface area (Å²) in [6, 6.07) is 14.3. The Morgan fingerprint density at radius 2 is 1.61 bits per heavy atom. The van der Waals surface area contributed by atoms with Crippen molar-refractivity contribution in [2.24, 2.45) is 11.8 Å². The molecule has 1 saturated carbocycles. The van der Waals surface area contributed by atoms with Crippen molar-refractivity contribution in [3.63, 3.8) is 0 Å². The number of carbonyl (C=O) groups is 3. The number of likely N-dealkylation sites (tertiary alicyclic amines) is 1. The van der Waals surface area contributed by atoms with Crippen LogP contribution in [0.25, 0.3) is 22.3 Å². The van der Waals surface area contributed by atoms with Crippen molar-refractivity contribution in [2.75, 3.05) is 12.0 Å². The summed E-state index contributed by atoms with van der Waals surface area (Å²) >= 11 is 0. The number of para-hydroxylation sites is 1. The average molecular weight is 444 g/mol. The minimum absolute atomic E-state index is 0.278. The van der Waals surface area contributed by atoms with Crippen LogP contribution in [-0.2, 0) is 14.4 Å². The number of rotatable bonds is 4. The Balaban J connectivity index is 1.48. The van der Waals surface area contributed by atoms with E-state index in [1.807, 2.05) is 31.2 Å². The van der Waals surface area contributed by atoms with Gasteiger partial charge >= 0.3 is 0 Å². The molecular formula is C25H24N4O4. The molecule has 1 N–H and O–H groups in total. The second-order valence-corrected chi connectivity index (χ2v) is 8.75. The lowest BCUT2D eigenvalue weighted by Gasteiger charge is -2.19. The number of aryl methyl sites for hydroxylation is 1. The highest BCUT2D eigenvalue weighted by Gasteiger charge is 2.48. The van der Waals surface area contributed by atoms with Crippen molar-refractivity contribution >= 4 is 28.6 Å². The molecule has 1 aliphatic carbocycles. The summed E-state index contributed by atoms with van der Waals surface area (Å²) in [6.07, 6.45) is 3.19. The molecule has 2 heterocycles. The van der Waals surface area contributed by atoms with E-state index in [9.17, 15) is 19.2 Å². The third-order valence-corrected chi connectivity index (χ3v) is 6.56. The van der Waals surface area contributed by atoms with Crippen molar-refractivity contribution in [1.82, 2.24) is 14.6 Å². The van der Waals surface area contributed by atoms with Gasteiger partial charge in [0.1, 0.15) is 6.54 Å². The van der Waals surface area contributed by atoms with Crippen LogP contribution in [0.15, 0.2) is 53.3 Å². The number of aromatic nitrogens is 2. The molecule has 8 nitrogen and oxygen atoms in total. The van der Waals surface area contributed by atoms with Crippen LogP contribution in [0.5, 0.6) is 0 Å². The maximum Gasteiger partial charge on any atom is 0.280 e. The van der Waals surface area contributed by atoms with Crippen LogP contribution >= 0.6 is 0 Å². The lowest BCUT2D eigenvalue weighted by atomic mass is 9.81. The monoisotopic (exact) mass is 444 g/mol. The second kappa shape index (κ2) is 8.27. The van der Waals surface area contributed by atoms with Gasteiger partial charge in [-0.3, -0.25) is 29.5 Å². The van der Waals surface area contributed by atoms with Crippen molar-refractivity contribution in [1.29, 1.82) is 0 Å². The molecule has 168 valence electrons. The summed E-state index contributed by atoms with van der Waals surface area (Å²) in [6.45, 7) is 1.53. The summed E-state index contributed by atoms with van der Waals surface area (Å²) in [7, 11) is 0. The number of hydrogen-bond donors (Lipinski definition) is 1. The largest absolute Gasteiger partial charge is 0.280 e. The minimum atomic E-state index is -0.622. The summed E-state index contributed by atoms with van der Waals surface area (Å²) < 4.78 is 1.10. The van der Waals surface area contributed by atoms with Gasteiger partial charge < -0.3 is 0 Å². The average Bonchev–Trinajstić information content (AvgIpc) is 3.06.